The second kappa shape index (κ2) is 6.78. The summed E-state index contributed by atoms with van der Waals surface area (Å²) in [5.41, 5.74) is 2.56. The van der Waals surface area contributed by atoms with Gasteiger partial charge >= 0.3 is 0 Å². The lowest BCUT2D eigenvalue weighted by molar-refractivity contribution is -0.114. The zero-order valence-corrected chi connectivity index (χ0v) is 13.1. The SMILES string of the molecule is CC(=O)Nc1cccc(C(=O)Nc2cccc(-n3cccn3)c2)c1. The quantitative estimate of drug-likeness (QED) is 0.775. The lowest BCUT2D eigenvalue weighted by atomic mass is 10.1. The van der Waals surface area contributed by atoms with Crippen LogP contribution < -0.4 is 10.6 Å². The molecule has 2 aromatic carbocycles. The molecule has 3 rings (SSSR count). The summed E-state index contributed by atoms with van der Waals surface area (Å²) in [5, 5.41) is 9.68. The van der Waals surface area contributed by atoms with Gasteiger partial charge in [-0.3, -0.25) is 9.59 Å². The summed E-state index contributed by atoms with van der Waals surface area (Å²) in [7, 11) is 0. The van der Waals surface area contributed by atoms with Gasteiger partial charge in [-0.2, -0.15) is 5.10 Å². The lowest BCUT2D eigenvalue weighted by Gasteiger charge is -2.09. The Morgan fingerprint density at radius 2 is 1.71 bits per heavy atom. The standard InChI is InChI=1S/C18H16N4O2/c1-13(23)20-15-6-2-5-14(11-15)18(24)21-16-7-3-8-17(12-16)22-10-4-9-19-22/h2-12H,1H3,(H,20,23)(H,21,24). The minimum absolute atomic E-state index is 0.181. The van der Waals surface area contributed by atoms with Crippen LogP contribution in [0.25, 0.3) is 5.69 Å². The van der Waals surface area contributed by atoms with Crippen LogP contribution in [0.2, 0.25) is 0 Å². The van der Waals surface area contributed by atoms with Crippen LogP contribution in [0.3, 0.4) is 0 Å². The third-order valence-corrected chi connectivity index (χ3v) is 3.32. The number of benzene rings is 2. The summed E-state index contributed by atoms with van der Waals surface area (Å²) in [4.78, 5) is 23.5. The van der Waals surface area contributed by atoms with E-state index in [0.29, 0.717) is 16.9 Å². The van der Waals surface area contributed by atoms with Gasteiger partial charge in [-0.1, -0.05) is 12.1 Å². The summed E-state index contributed by atoms with van der Waals surface area (Å²) in [6.45, 7) is 1.42. The number of nitrogens with zero attached hydrogens (tertiary/aromatic N) is 2. The van der Waals surface area contributed by atoms with Crippen molar-refractivity contribution in [1.82, 2.24) is 9.78 Å². The van der Waals surface area contributed by atoms with Gasteiger partial charge in [0.15, 0.2) is 0 Å². The molecule has 0 unspecified atom stereocenters. The summed E-state index contributed by atoms with van der Waals surface area (Å²) >= 11 is 0. The van der Waals surface area contributed by atoms with E-state index in [9.17, 15) is 9.59 Å². The Balaban J connectivity index is 1.78. The van der Waals surface area contributed by atoms with Crippen molar-refractivity contribution in [2.75, 3.05) is 10.6 Å². The molecule has 0 aliphatic heterocycles. The molecule has 6 nitrogen and oxygen atoms in total. The summed E-state index contributed by atoms with van der Waals surface area (Å²) in [6.07, 6.45) is 3.52. The maximum absolute atomic E-state index is 12.4. The fraction of sp³-hybridized carbons (Fsp3) is 0.0556. The predicted octanol–water partition coefficient (Wildman–Crippen LogP) is 3.08. The van der Waals surface area contributed by atoms with E-state index in [2.05, 4.69) is 15.7 Å². The van der Waals surface area contributed by atoms with Gasteiger partial charge in [0.1, 0.15) is 0 Å². The van der Waals surface area contributed by atoms with E-state index in [-0.39, 0.29) is 11.8 Å². The van der Waals surface area contributed by atoms with Crippen LogP contribution in [-0.4, -0.2) is 21.6 Å². The highest BCUT2D eigenvalue weighted by molar-refractivity contribution is 6.05. The highest BCUT2D eigenvalue weighted by Gasteiger charge is 2.08. The first-order valence-corrected chi connectivity index (χ1v) is 7.41. The van der Waals surface area contributed by atoms with E-state index in [1.54, 1.807) is 35.1 Å². The van der Waals surface area contributed by atoms with Gasteiger partial charge in [0, 0.05) is 36.3 Å². The molecule has 0 radical (unpaired) electrons. The van der Waals surface area contributed by atoms with Crippen molar-refractivity contribution in [1.29, 1.82) is 0 Å². The van der Waals surface area contributed by atoms with Gasteiger partial charge in [0.2, 0.25) is 5.91 Å². The zero-order valence-electron chi connectivity index (χ0n) is 13.1. The number of amides is 2. The summed E-state index contributed by atoms with van der Waals surface area (Å²) in [6, 6.07) is 16.0. The maximum atomic E-state index is 12.4. The van der Waals surface area contributed by atoms with Crippen LogP contribution in [0.15, 0.2) is 67.0 Å². The van der Waals surface area contributed by atoms with Crippen molar-refractivity contribution in [2.24, 2.45) is 0 Å². The average molecular weight is 320 g/mol. The van der Waals surface area contributed by atoms with E-state index >= 15 is 0 Å². The fourth-order valence-electron chi connectivity index (χ4n) is 2.29. The van der Waals surface area contributed by atoms with Crippen molar-refractivity contribution >= 4 is 23.2 Å². The van der Waals surface area contributed by atoms with E-state index in [4.69, 9.17) is 0 Å². The Labute approximate surface area is 139 Å². The Morgan fingerprint density at radius 3 is 2.42 bits per heavy atom. The Bertz CT molecular complexity index is 872. The smallest absolute Gasteiger partial charge is 0.255 e. The van der Waals surface area contributed by atoms with Crippen LogP contribution in [0.5, 0.6) is 0 Å². The largest absolute Gasteiger partial charge is 0.326 e. The second-order valence-electron chi connectivity index (χ2n) is 5.22. The number of nitrogens with one attached hydrogen (secondary N) is 2. The van der Waals surface area contributed by atoms with Gasteiger partial charge in [-0.05, 0) is 42.5 Å². The molecule has 6 heteroatoms. The van der Waals surface area contributed by atoms with Crippen LogP contribution in [-0.2, 0) is 4.79 Å². The van der Waals surface area contributed by atoms with Gasteiger partial charge < -0.3 is 10.6 Å². The number of carbonyl (C=O) groups excluding carboxylic acids is 2. The van der Waals surface area contributed by atoms with Gasteiger partial charge in [0.25, 0.3) is 5.91 Å². The normalized spacial score (nSPS) is 10.2. The topological polar surface area (TPSA) is 76.0 Å². The van der Waals surface area contributed by atoms with Gasteiger partial charge in [-0.25, -0.2) is 4.68 Å². The Hall–Kier alpha value is -3.41. The van der Waals surface area contributed by atoms with Crippen molar-refractivity contribution < 1.29 is 9.59 Å². The molecular formula is C18H16N4O2. The van der Waals surface area contributed by atoms with Crippen molar-refractivity contribution in [3.05, 3.63) is 72.6 Å². The minimum Gasteiger partial charge on any atom is -0.326 e. The van der Waals surface area contributed by atoms with Gasteiger partial charge in [-0.15, -0.1) is 0 Å². The molecule has 0 fully saturated rings. The molecule has 0 saturated heterocycles. The molecule has 0 atom stereocenters. The minimum atomic E-state index is -0.250. The van der Waals surface area contributed by atoms with Crippen LogP contribution in [0.1, 0.15) is 17.3 Å². The third kappa shape index (κ3) is 3.67. The Kier molecular flexibility index (Phi) is 4.38. The average Bonchev–Trinajstić information content (AvgIpc) is 3.09. The number of rotatable bonds is 4. The van der Waals surface area contributed by atoms with E-state index in [1.807, 2.05) is 36.5 Å². The van der Waals surface area contributed by atoms with Gasteiger partial charge in [0.05, 0.1) is 5.69 Å². The number of aromatic nitrogens is 2. The van der Waals surface area contributed by atoms with E-state index in [1.165, 1.54) is 6.92 Å². The molecule has 3 aromatic rings. The number of hydrogen-bond acceptors (Lipinski definition) is 3. The van der Waals surface area contributed by atoms with Crippen LogP contribution in [0, 0.1) is 0 Å². The molecular weight excluding hydrogens is 304 g/mol. The first kappa shape index (κ1) is 15.5. The van der Waals surface area contributed by atoms with E-state index in [0.717, 1.165) is 5.69 Å². The third-order valence-electron chi connectivity index (χ3n) is 3.32. The number of anilines is 2. The molecule has 1 aromatic heterocycles. The lowest BCUT2D eigenvalue weighted by Crippen LogP contribution is -2.13. The highest BCUT2D eigenvalue weighted by atomic mass is 16.2. The van der Waals surface area contributed by atoms with E-state index < -0.39 is 0 Å². The number of hydrogen-bond donors (Lipinski definition) is 2. The van der Waals surface area contributed by atoms with Crippen LogP contribution >= 0.6 is 0 Å². The molecule has 2 N–H and O–H groups in total. The molecule has 0 aliphatic carbocycles. The zero-order chi connectivity index (χ0) is 16.9. The summed E-state index contributed by atoms with van der Waals surface area (Å²) in [5.74, 6) is -0.431. The molecule has 0 aliphatic rings. The first-order valence-electron chi connectivity index (χ1n) is 7.41. The van der Waals surface area contributed by atoms with Crippen molar-refractivity contribution in [3.63, 3.8) is 0 Å². The first-order chi connectivity index (χ1) is 11.6. The molecule has 2 amide bonds. The highest BCUT2D eigenvalue weighted by Crippen LogP contribution is 2.16. The maximum Gasteiger partial charge on any atom is 0.255 e. The molecule has 24 heavy (non-hydrogen) atoms. The molecule has 1 heterocycles. The second-order valence-corrected chi connectivity index (χ2v) is 5.22. The van der Waals surface area contributed by atoms with Crippen LogP contribution in [0.4, 0.5) is 11.4 Å². The monoisotopic (exact) mass is 320 g/mol. The molecule has 0 spiro atoms. The summed E-state index contributed by atoms with van der Waals surface area (Å²) < 4.78 is 1.72. The predicted molar refractivity (Wildman–Crippen MR) is 92.3 cm³/mol. The Morgan fingerprint density at radius 1 is 0.958 bits per heavy atom. The molecule has 120 valence electrons. The number of carbonyl (C=O) groups is 2. The fourth-order valence-corrected chi connectivity index (χ4v) is 2.29. The molecule has 0 bridgehead atoms. The molecule has 0 saturated carbocycles. The van der Waals surface area contributed by atoms with Crippen molar-refractivity contribution in [3.8, 4) is 5.69 Å². The van der Waals surface area contributed by atoms with Crippen molar-refractivity contribution in [2.45, 2.75) is 6.92 Å².